The predicted octanol–water partition coefficient (Wildman–Crippen LogP) is 6.28. The largest absolute Gasteiger partial charge is 0.461 e. The summed E-state index contributed by atoms with van der Waals surface area (Å²) in [5.41, 5.74) is 2.88. The first-order valence-electron chi connectivity index (χ1n) is 17.5. The number of aryl methyl sites for hydroxylation is 2. The van der Waals surface area contributed by atoms with E-state index >= 15 is 8.78 Å². The first-order valence-corrected chi connectivity index (χ1v) is 17.5. The fraction of sp³-hybridized carbons (Fsp3) is 0.514. The molecular formula is C37H48F2N8O2. The van der Waals surface area contributed by atoms with Crippen LogP contribution in [0.4, 0.5) is 20.4 Å². The third-order valence-electron chi connectivity index (χ3n) is 9.88. The molecule has 1 unspecified atom stereocenters. The van der Waals surface area contributed by atoms with Crippen LogP contribution in [0.3, 0.4) is 0 Å². The molecule has 2 aliphatic heterocycles. The Kier molecular flexibility index (Phi) is 10.2. The van der Waals surface area contributed by atoms with E-state index in [-0.39, 0.29) is 28.6 Å². The predicted molar refractivity (Wildman–Crippen MR) is 189 cm³/mol. The molecule has 0 saturated carbocycles. The number of anilines is 2. The number of nitrogens with one attached hydrogen (secondary N) is 1. The van der Waals surface area contributed by atoms with Crippen LogP contribution in [0.5, 0.6) is 6.01 Å². The lowest BCUT2D eigenvalue weighted by molar-refractivity contribution is 0.0863. The molecule has 1 aromatic carbocycles. The first-order chi connectivity index (χ1) is 23.6. The van der Waals surface area contributed by atoms with E-state index in [1.54, 1.807) is 19.2 Å². The van der Waals surface area contributed by atoms with E-state index in [9.17, 15) is 5.11 Å². The number of halogens is 2. The van der Waals surface area contributed by atoms with Crippen LogP contribution in [0.2, 0.25) is 0 Å². The lowest BCUT2D eigenvalue weighted by Gasteiger charge is -2.34. The van der Waals surface area contributed by atoms with Crippen molar-refractivity contribution in [1.82, 2.24) is 29.6 Å². The van der Waals surface area contributed by atoms with Crippen LogP contribution in [0.1, 0.15) is 81.5 Å². The van der Waals surface area contributed by atoms with Crippen LogP contribution < -0.4 is 15.0 Å². The van der Waals surface area contributed by atoms with Crippen molar-refractivity contribution in [2.24, 2.45) is 0 Å². The number of aliphatic hydroxyl groups excluding tert-OH is 1. The van der Waals surface area contributed by atoms with Crippen LogP contribution in [0.25, 0.3) is 16.5 Å². The van der Waals surface area contributed by atoms with Crippen LogP contribution in [-0.2, 0) is 19.5 Å². The Balaban J connectivity index is 1.50. The van der Waals surface area contributed by atoms with E-state index in [4.69, 9.17) is 14.7 Å². The molecule has 0 bridgehead atoms. The summed E-state index contributed by atoms with van der Waals surface area (Å²) in [4.78, 5) is 18.8. The smallest absolute Gasteiger partial charge is 0.319 e. The molecular weight excluding hydrogens is 626 g/mol. The monoisotopic (exact) mass is 674 g/mol. The first kappa shape index (κ1) is 34.7. The molecule has 6 rings (SSSR count). The maximum absolute atomic E-state index is 17.1. The van der Waals surface area contributed by atoms with Gasteiger partial charge < -0.3 is 20.1 Å². The second-order valence-electron chi connectivity index (χ2n) is 13.6. The number of nitrogens with zero attached hydrogens (tertiary/aromatic N) is 7. The fourth-order valence-corrected chi connectivity index (χ4v) is 7.38. The van der Waals surface area contributed by atoms with Crippen LogP contribution >= 0.6 is 0 Å². The van der Waals surface area contributed by atoms with Crippen LogP contribution in [0.15, 0.2) is 30.5 Å². The molecule has 5 heterocycles. The second-order valence-corrected chi connectivity index (χ2v) is 13.6. The van der Waals surface area contributed by atoms with Crippen LogP contribution in [0, 0.1) is 18.6 Å². The number of hydrogen-bond acceptors (Lipinski definition) is 9. The van der Waals surface area contributed by atoms with E-state index in [2.05, 4.69) is 39.0 Å². The van der Waals surface area contributed by atoms with Crippen molar-refractivity contribution in [3.8, 4) is 6.01 Å². The van der Waals surface area contributed by atoms with Gasteiger partial charge in [0.15, 0.2) is 5.82 Å². The topological polar surface area (TPSA) is 104 Å². The summed E-state index contributed by atoms with van der Waals surface area (Å²) in [6, 6.07) is 5.19. The zero-order valence-corrected chi connectivity index (χ0v) is 29.5. The highest BCUT2D eigenvalue weighted by Crippen LogP contribution is 2.37. The number of pyridine rings is 1. The molecule has 3 aromatic heterocycles. The quantitative estimate of drug-likeness (QED) is 0.190. The molecule has 2 atom stereocenters. The minimum Gasteiger partial charge on any atom is -0.461 e. The number of benzene rings is 1. The minimum absolute atomic E-state index is 0.0168. The van der Waals surface area contributed by atoms with Crippen LogP contribution in [-0.4, -0.2) is 79.7 Å². The fourth-order valence-electron chi connectivity index (χ4n) is 7.38. The van der Waals surface area contributed by atoms with E-state index in [0.717, 1.165) is 62.4 Å². The Hall–Kier alpha value is -4.16. The lowest BCUT2D eigenvalue weighted by atomic mass is 9.89. The molecule has 12 heteroatoms. The molecule has 262 valence electrons. The summed E-state index contributed by atoms with van der Waals surface area (Å²) >= 11 is 0. The Bertz CT molecular complexity index is 1860. The highest BCUT2D eigenvalue weighted by Gasteiger charge is 2.37. The van der Waals surface area contributed by atoms with E-state index < -0.39 is 11.9 Å². The SMILES string of the molecule is CCCN1CCC[C@@]1(C)COc1nc(N2CCCn3nc(NC)cc3C2)c2cnc(/C(=C/C(C)O)c3c(C)ccc(F)c3CC)c(F)c2n1. The highest BCUT2D eigenvalue weighted by molar-refractivity contribution is 5.93. The summed E-state index contributed by atoms with van der Waals surface area (Å²) in [5.74, 6) is 0.239. The Labute approximate surface area is 287 Å². The van der Waals surface area contributed by atoms with Crippen molar-refractivity contribution in [1.29, 1.82) is 0 Å². The van der Waals surface area contributed by atoms with Crippen molar-refractivity contribution >= 4 is 28.1 Å². The van der Waals surface area contributed by atoms with Gasteiger partial charge in [-0.1, -0.05) is 19.9 Å². The molecule has 0 spiro atoms. The maximum atomic E-state index is 17.1. The van der Waals surface area contributed by atoms with Crippen molar-refractivity contribution in [2.75, 3.05) is 43.5 Å². The third-order valence-corrected chi connectivity index (χ3v) is 9.88. The number of hydrogen-bond donors (Lipinski definition) is 2. The van der Waals surface area contributed by atoms with Crippen molar-refractivity contribution in [3.05, 3.63) is 70.2 Å². The van der Waals surface area contributed by atoms with Gasteiger partial charge in [-0.2, -0.15) is 15.1 Å². The van der Waals surface area contributed by atoms with Gasteiger partial charge >= 0.3 is 6.01 Å². The summed E-state index contributed by atoms with van der Waals surface area (Å²) in [6.45, 7) is 13.9. The number of aliphatic hydroxyl groups is 1. The molecule has 0 amide bonds. The molecule has 2 N–H and O–H groups in total. The van der Waals surface area contributed by atoms with Gasteiger partial charge in [0.2, 0.25) is 0 Å². The number of fused-ring (bicyclic) bond motifs is 2. The standard InChI is InChI=1S/C37H48F2N8O2/c1-7-14-46-16-9-13-37(46,5)22-49-36-42-34-28(35(43-36)45-15-10-17-47-25(21-45)19-30(40-6)44-47)20-41-33(32(34)39)27(18-24(4)48)31-23(3)11-12-29(38)26(31)8-2/h11-12,18-20,24,48H,7-10,13-17,21-22H2,1-6H3,(H,40,44)/b27-18+/t24?,37-/m0/s1. The number of likely N-dealkylation sites (tertiary alicyclic amines) is 1. The van der Waals surface area contributed by atoms with Crippen molar-refractivity contribution in [3.63, 3.8) is 0 Å². The molecule has 49 heavy (non-hydrogen) atoms. The van der Waals surface area contributed by atoms with Crippen molar-refractivity contribution in [2.45, 2.75) is 91.5 Å². The van der Waals surface area contributed by atoms with Crippen molar-refractivity contribution < 1.29 is 18.6 Å². The van der Waals surface area contributed by atoms with E-state index in [1.165, 1.54) is 12.1 Å². The lowest BCUT2D eigenvalue weighted by Crippen LogP contribution is -2.46. The summed E-state index contributed by atoms with van der Waals surface area (Å²) in [5, 5.41) is 18.7. The third kappa shape index (κ3) is 6.85. The molecule has 10 nitrogen and oxygen atoms in total. The molecule has 4 aromatic rings. The number of aromatic nitrogens is 5. The van der Waals surface area contributed by atoms with E-state index in [0.29, 0.717) is 54.0 Å². The minimum atomic E-state index is -0.943. The second kappa shape index (κ2) is 14.4. The zero-order chi connectivity index (χ0) is 34.9. The van der Waals surface area contributed by atoms with Gasteiger partial charge in [-0.25, -0.2) is 8.78 Å². The van der Waals surface area contributed by atoms with Gasteiger partial charge in [0.05, 0.1) is 29.3 Å². The summed E-state index contributed by atoms with van der Waals surface area (Å²) < 4.78 is 40.6. The van der Waals surface area contributed by atoms with Gasteiger partial charge in [0.25, 0.3) is 0 Å². The Morgan fingerprint density at radius 2 is 1.98 bits per heavy atom. The Morgan fingerprint density at radius 3 is 2.71 bits per heavy atom. The molecule has 0 radical (unpaired) electrons. The zero-order valence-electron chi connectivity index (χ0n) is 29.5. The average molecular weight is 675 g/mol. The average Bonchev–Trinajstić information content (AvgIpc) is 3.59. The summed E-state index contributed by atoms with van der Waals surface area (Å²) in [7, 11) is 1.84. The maximum Gasteiger partial charge on any atom is 0.319 e. The van der Waals surface area contributed by atoms with Gasteiger partial charge in [-0.3, -0.25) is 14.6 Å². The summed E-state index contributed by atoms with van der Waals surface area (Å²) in [6.07, 6.45) is 6.47. The highest BCUT2D eigenvalue weighted by atomic mass is 19.1. The molecule has 1 fully saturated rings. The van der Waals surface area contributed by atoms with Gasteiger partial charge in [0, 0.05) is 38.0 Å². The normalized spacial score (nSPS) is 19.3. The molecule has 0 aliphatic carbocycles. The van der Waals surface area contributed by atoms with E-state index in [1.807, 2.05) is 31.6 Å². The Morgan fingerprint density at radius 1 is 1.16 bits per heavy atom. The number of ether oxygens (including phenoxy) is 1. The van der Waals surface area contributed by atoms with Gasteiger partial charge in [-0.15, -0.1) is 0 Å². The molecule has 1 saturated heterocycles. The number of rotatable bonds is 11. The molecule has 2 aliphatic rings. The van der Waals surface area contributed by atoms with Gasteiger partial charge in [-0.05, 0) is 94.8 Å². The van der Waals surface area contributed by atoms with Gasteiger partial charge in [0.1, 0.15) is 35.3 Å².